The minimum Gasteiger partial charge on any atom is -0.349 e. The number of rotatable bonds is 4. The summed E-state index contributed by atoms with van der Waals surface area (Å²) in [7, 11) is 0. The minimum absolute atomic E-state index is 0.156. The Kier molecular flexibility index (Phi) is 3.59. The molecule has 2 atom stereocenters. The van der Waals surface area contributed by atoms with E-state index in [4.69, 9.17) is 0 Å². The Morgan fingerprint density at radius 2 is 2.23 bits per heavy atom. The Morgan fingerprint density at radius 1 is 1.41 bits per heavy atom. The summed E-state index contributed by atoms with van der Waals surface area (Å²) in [4.78, 5) is 15.8. The van der Waals surface area contributed by atoms with Crippen molar-refractivity contribution < 1.29 is 18.0 Å². The number of carbonyl (C=O) groups is 1. The summed E-state index contributed by atoms with van der Waals surface area (Å²) >= 11 is 0. The van der Waals surface area contributed by atoms with Crippen molar-refractivity contribution in [2.24, 2.45) is 5.92 Å². The number of halogens is 3. The van der Waals surface area contributed by atoms with Gasteiger partial charge in [0.05, 0.1) is 12.1 Å². The second-order valence-electron chi connectivity index (χ2n) is 5.22. The molecule has 0 radical (unpaired) electrons. The maximum Gasteiger partial charge on any atom is 0.416 e. The van der Waals surface area contributed by atoms with Gasteiger partial charge in [-0.3, -0.25) is 9.89 Å². The molecule has 1 fully saturated rings. The Bertz CT molecular complexity index is 669. The molecule has 1 aromatic carbocycles. The zero-order chi connectivity index (χ0) is 15.7. The Hall–Kier alpha value is -2.38. The number of nitrogens with zero attached hydrogens (tertiary/aromatic N) is 2. The number of aromatic nitrogens is 3. The third kappa shape index (κ3) is 3.10. The molecular formula is C14H13F3N4O. The molecule has 3 rings (SSSR count). The lowest BCUT2D eigenvalue weighted by Crippen LogP contribution is -2.25. The zero-order valence-electron chi connectivity index (χ0n) is 11.4. The van der Waals surface area contributed by atoms with Gasteiger partial charge >= 0.3 is 6.18 Å². The van der Waals surface area contributed by atoms with Crippen molar-refractivity contribution in [3.8, 4) is 0 Å². The highest BCUT2D eigenvalue weighted by Crippen LogP contribution is 2.48. The molecule has 22 heavy (non-hydrogen) atoms. The van der Waals surface area contributed by atoms with Crippen LogP contribution in [0.3, 0.4) is 0 Å². The predicted molar refractivity (Wildman–Crippen MR) is 70.5 cm³/mol. The van der Waals surface area contributed by atoms with Crippen molar-refractivity contribution in [2.75, 3.05) is 0 Å². The highest BCUT2D eigenvalue weighted by atomic mass is 19.4. The molecule has 1 amide bonds. The van der Waals surface area contributed by atoms with Crippen LogP contribution in [-0.4, -0.2) is 21.1 Å². The average molecular weight is 310 g/mol. The fourth-order valence-corrected chi connectivity index (χ4v) is 2.42. The SMILES string of the molecule is O=C(NCc1ncn[nH]1)[C@@H]1C[C@@H]1c1cccc(C(F)(F)F)c1. The molecule has 5 nitrogen and oxygen atoms in total. The number of aromatic amines is 1. The number of nitrogens with one attached hydrogen (secondary N) is 2. The smallest absolute Gasteiger partial charge is 0.349 e. The second-order valence-corrected chi connectivity index (χ2v) is 5.22. The van der Waals surface area contributed by atoms with Crippen molar-refractivity contribution in [1.82, 2.24) is 20.5 Å². The van der Waals surface area contributed by atoms with Crippen LogP contribution in [-0.2, 0) is 17.5 Å². The summed E-state index contributed by atoms with van der Waals surface area (Å²) in [6, 6.07) is 5.16. The molecule has 1 aromatic heterocycles. The topological polar surface area (TPSA) is 70.7 Å². The first kappa shape index (κ1) is 14.6. The Balaban J connectivity index is 1.61. The van der Waals surface area contributed by atoms with E-state index in [1.807, 2.05) is 0 Å². The van der Waals surface area contributed by atoms with Gasteiger partial charge < -0.3 is 5.32 Å². The van der Waals surface area contributed by atoms with Crippen LogP contribution in [0.25, 0.3) is 0 Å². The van der Waals surface area contributed by atoms with E-state index in [-0.39, 0.29) is 24.3 Å². The summed E-state index contributed by atoms with van der Waals surface area (Å²) in [5.74, 6) is -0.0909. The number of hydrogen-bond donors (Lipinski definition) is 2. The summed E-state index contributed by atoms with van der Waals surface area (Å²) in [5.41, 5.74) is -0.132. The van der Waals surface area contributed by atoms with Crippen LogP contribution < -0.4 is 5.32 Å². The Labute approximate surface area is 123 Å². The number of hydrogen-bond acceptors (Lipinski definition) is 3. The third-order valence-electron chi connectivity index (χ3n) is 3.66. The highest BCUT2D eigenvalue weighted by Gasteiger charge is 2.44. The molecule has 0 saturated heterocycles. The molecule has 0 spiro atoms. The molecule has 0 unspecified atom stereocenters. The molecule has 0 aliphatic heterocycles. The first-order valence-corrected chi connectivity index (χ1v) is 6.74. The van der Waals surface area contributed by atoms with E-state index in [0.717, 1.165) is 12.1 Å². The summed E-state index contributed by atoms with van der Waals surface area (Å²) in [5, 5.41) is 8.98. The number of carbonyl (C=O) groups excluding carboxylic acids is 1. The van der Waals surface area contributed by atoms with E-state index in [0.29, 0.717) is 17.8 Å². The fraction of sp³-hybridized carbons (Fsp3) is 0.357. The molecule has 1 aliphatic carbocycles. The molecule has 1 heterocycles. The minimum atomic E-state index is -4.37. The molecule has 1 saturated carbocycles. The van der Waals surface area contributed by atoms with Gasteiger partial charge in [-0.1, -0.05) is 18.2 Å². The van der Waals surface area contributed by atoms with E-state index in [9.17, 15) is 18.0 Å². The fourth-order valence-electron chi connectivity index (χ4n) is 2.42. The summed E-state index contributed by atoms with van der Waals surface area (Å²) in [6.07, 6.45) is -2.47. The first-order chi connectivity index (χ1) is 10.4. The normalized spacial score (nSPS) is 20.7. The number of alkyl halides is 3. The second kappa shape index (κ2) is 5.43. The van der Waals surface area contributed by atoms with Gasteiger partial charge in [-0.15, -0.1) is 0 Å². The van der Waals surface area contributed by atoms with Gasteiger partial charge in [0.25, 0.3) is 0 Å². The van der Waals surface area contributed by atoms with E-state index >= 15 is 0 Å². The summed E-state index contributed by atoms with van der Waals surface area (Å²) in [6.45, 7) is 0.227. The van der Waals surface area contributed by atoms with Crippen molar-refractivity contribution in [3.63, 3.8) is 0 Å². The van der Waals surface area contributed by atoms with Crippen LogP contribution in [0.15, 0.2) is 30.6 Å². The molecule has 1 aliphatic rings. The maximum absolute atomic E-state index is 12.7. The maximum atomic E-state index is 12.7. The van der Waals surface area contributed by atoms with Crippen molar-refractivity contribution in [1.29, 1.82) is 0 Å². The molecule has 0 bridgehead atoms. The van der Waals surface area contributed by atoms with E-state index in [1.165, 1.54) is 12.4 Å². The molecule has 2 aromatic rings. The summed E-state index contributed by atoms with van der Waals surface area (Å²) < 4.78 is 38.1. The lowest BCUT2D eigenvalue weighted by molar-refractivity contribution is -0.137. The average Bonchev–Trinajstić information content (AvgIpc) is 3.12. The lowest BCUT2D eigenvalue weighted by Gasteiger charge is -2.08. The number of benzene rings is 1. The van der Waals surface area contributed by atoms with Crippen LogP contribution >= 0.6 is 0 Å². The van der Waals surface area contributed by atoms with Gasteiger partial charge in [0, 0.05) is 5.92 Å². The lowest BCUT2D eigenvalue weighted by atomic mass is 10.1. The van der Waals surface area contributed by atoms with E-state index in [1.54, 1.807) is 6.07 Å². The van der Waals surface area contributed by atoms with Gasteiger partial charge in [-0.25, -0.2) is 4.98 Å². The van der Waals surface area contributed by atoms with Gasteiger partial charge in [-0.05, 0) is 24.0 Å². The Morgan fingerprint density at radius 3 is 2.91 bits per heavy atom. The van der Waals surface area contributed by atoms with Gasteiger partial charge in [0.15, 0.2) is 0 Å². The zero-order valence-corrected chi connectivity index (χ0v) is 11.4. The molecular weight excluding hydrogens is 297 g/mol. The van der Waals surface area contributed by atoms with Crippen molar-refractivity contribution in [2.45, 2.75) is 25.1 Å². The predicted octanol–water partition coefficient (Wildman–Crippen LogP) is 2.24. The molecule has 2 N–H and O–H groups in total. The number of H-pyrrole nitrogens is 1. The number of amides is 1. The highest BCUT2D eigenvalue weighted by molar-refractivity contribution is 5.82. The van der Waals surface area contributed by atoms with E-state index < -0.39 is 11.7 Å². The van der Waals surface area contributed by atoms with Crippen LogP contribution in [0.5, 0.6) is 0 Å². The van der Waals surface area contributed by atoms with E-state index in [2.05, 4.69) is 20.5 Å². The van der Waals surface area contributed by atoms with Gasteiger partial charge in [0.1, 0.15) is 12.2 Å². The standard InChI is InChI=1S/C14H13F3N4O/c15-14(16,17)9-3-1-2-8(4-9)10-5-11(10)13(22)18-6-12-19-7-20-21-12/h1-4,7,10-11H,5-6H2,(H,18,22)(H,19,20,21)/t10-,11-/m1/s1. The van der Waals surface area contributed by atoms with Crippen LogP contribution in [0, 0.1) is 5.92 Å². The monoisotopic (exact) mass is 310 g/mol. The van der Waals surface area contributed by atoms with Crippen molar-refractivity contribution in [3.05, 3.63) is 47.5 Å². The van der Waals surface area contributed by atoms with Gasteiger partial charge in [-0.2, -0.15) is 18.3 Å². The molecule has 8 heteroatoms. The third-order valence-corrected chi connectivity index (χ3v) is 3.66. The van der Waals surface area contributed by atoms with Gasteiger partial charge in [0.2, 0.25) is 5.91 Å². The van der Waals surface area contributed by atoms with Crippen LogP contribution in [0.2, 0.25) is 0 Å². The first-order valence-electron chi connectivity index (χ1n) is 6.74. The van der Waals surface area contributed by atoms with Crippen LogP contribution in [0.4, 0.5) is 13.2 Å². The van der Waals surface area contributed by atoms with Crippen molar-refractivity contribution >= 4 is 5.91 Å². The largest absolute Gasteiger partial charge is 0.416 e. The molecule has 116 valence electrons. The van der Waals surface area contributed by atoms with Crippen LogP contribution in [0.1, 0.15) is 29.3 Å². The quantitative estimate of drug-likeness (QED) is 0.910.